The summed E-state index contributed by atoms with van der Waals surface area (Å²) in [4.78, 5) is 14.2. The third-order valence-corrected chi connectivity index (χ3v) is 5.73. The Bertz CT molecular complexity index is 741. The molecule has 5 nitrogen and oxygen atoms in total. The van der Waals surface area contributed by atoms with Gasteiger partial charge in [-0.3, -0.25) is 4.90 Å². The standard InChI is InChI=1S/C19H23N5/c1-2-4-15(5-3-1)12-24-11-10-23(13-19(24)7-8-19)18-16-6-9-20-17(16)21-14-22-18/h1-5,14H,6-13H2,(H,20,21,22). The zero-order chi connectivity index (χ0) is 16.0. The predicted octanol–water partition coefficient (Wildman–Crippen LogP) is 2.30. The number of fused-ring (bicyclic) bond motifs is 1. The molecule has 1 saturated carbocycles. The SMILES string of the molecule is c1ccc(CN2CCN(c3ncnc4c3CCN4)CC23CC3)cc1. The summed E-state index contributed by atoms with van der Waals surface area (Å²) in [6.07, 6.45) is 5.37. The number of nitrogens with one attached hydrogen (secondary N) is 1. The molecule has 5 heteroatoms. The number of nitrogens with zero attached hydrogens (tertiary/aromatic N) is 4. The number of aromatic nitrogens is 2. The van der Waals surface area contributed by atoms with E-state index >= 15 is 0 Å². The molecular formula is C19H23N5. The number of hydrogen-bond donors (Lipinski definition) is 1. The van der Waals surface area contributed by atoms with E-state index in [1.807, 2.05) is 0 Å². The van der Waals surface area contributed by atoms with Crippen LogP contribution < -0.4 is 10.2 Å². The van der Waals surface area contributed by atoms with E-state index in [1.165, 1.54) is 24.0 Å². The Hall–Kier alpha value is -2.14. The van der Waals surface area contributed by atoms with Crippen molar-refractivity contribution in [3.8, 4) is 0 Å². The second kappa shape index (κ2) is 5.45. The summed E-state index contributed by atoms with van der Waals surface area (Å²) in [5.41, 5.74) is 3.09. The van der Waals surface area contributed by atoms with Crippen molar-refractivity contribution in [2.45, 2.75) is 31.3 Å². The fourth-order valence-corrected chi connectivity index (χ4v) is 4.23. The van der Waals surface area contributed by atoms with Crippen molar-refractivity contribution in [1.29, 1.82) is 0 Å². The number of benzene rings is 1. The average Bonchev–Trinajstić information content (AvgIpc) is 3.21. The van der Waals surface area contributed by atoms with E-state index in [-0.39, 0.29) is 0 Å². The van der Waals surface area contributed by atoms with Crippen LogP contribution in [0.2, 0.25) is 0 Å². The molecule has 0 amide bonds. The topological polar surface area (TPSA) is 44.3 Å². The molecule has 2 aliphatic heterocycles. The second-order valence-corrected chi connectivity index (χ2v) is 7.25. The van der Waals surface area contributed by atoms with Crippen molar-refractivity contribution in [2.75, 3.05) is 36.4 Å². The lowest BCUT2D eigenvalue weighted by Gasteiger charge is -2.43. The van der Waals surface area contributed by atoms with E-state index in [2.05, 4.69) is 55.4 Å². The molecule has 3 heterocycles. The van der Waals surface area contributed by atoms with Gasteiger partial charge in [0.25, 0.3) is 0 Å². The van der Waals surface area contributed by atoms with Crippen molar-refractivity contribution in [1.82, 2.24) is 14.9 Å². The largest absolute Gasteiger partial charge is 0.369 e. The lowest BCUT2D eigenvalue weighted by Crippen LogP contribution is -2.55. The van der Waals surface area contributed by atoms with Gasteiger partial charge in [-0.15, -0.1) is 0 Å². The Morgan fingerprint density at radius 3 is 2.79 bits per heavy atom. The first-order valence-corrected chi connectivity index (χ1v) is 8.96. The van der Waals surface area contributed by atoms with Crippen molar-refractivity contribution < 1.29 is 0 Å². The zero-order valence-electron chi connectivity index (χ0n) is 13.9. The normalized spacial score (nSPS) is 21.6. The van der Waals surface area contributed by atoms with Gasteiger partial charge in [-0.25, -0.2) is 9.97 Å². The quantitative estimate of drug-likeness (QED) is 0.940. The van der Waals surface area contributed by atoms with Crippen LogP contribution >= 0.6 is 0 Å². The molecule has 5 rings (SSSR count). The van der Waals surface area contributed by atoms with E-state index in [4.69, 9.17) is 0 Å². The Morgan fingerprint density at radius 1 is 1.08 bits per heavy atom. The minimum Gasteiger partial charge on any atom is -0.369 e. The molecule has 1 N–H and O–H groups in total. The average molecular weight is 321 g/mol. The highest BCUT2D eigenvalue weighted by Crippen LogP contribution is 2.46. The summed E-state index contributed by atoms with van der Waals surface area (Å²) in [5, 5.41) is 3.37. The van der Waals surface area contributed by atoms with Gasteiger partial charge in [0.2, 0.25) is 0 Å². The molecule has 1 saturated heterocycles. The van der Waals surface area contributed by atoms with E-state index in [9.17, 15) is 0 Å². The molecule has 3 aliphatic rings. The molecule has 1 aromatic carbocycles. The minimum absolute atomic E-state index is 0.359. The number of hydrogen-bond acceptors (Lipinski definition) is 5. The van der Waals surface area contributed by atoms with E-state index < -0.39 is 0 Å². The van der Waals surface area contributed by atoms with Crippen LogP contribution in [0.3, 0.4) is 0 Å². The first-order chi connectivity index (χ1) is 11.8. The maximum absolute atomic E-state index is 4.63. The van der Waals surface area contributed by atoms with Crippen molar-refractivity contribution in [3.05, 3.63) is 47.8 Å². The molecule has 1 aliphatic carbocycles. The highest BCUT2D eigenvalue weighted by molar-refractivity contribution is 5.62. The summed E-state index contributed by atoms with van der Waals surface area (Å²) in [5.74, 6) is 2.20. The van der Waals surface area contributed by atoms with Gasteiger partial charge in [-0.1, -0.05) is 30.3 Å². The highest BCUT2D eigenvalue weighted by atomic mass is 15.4. The fraction of sp³-hybridized carbons (Fsp3) is 0.474. The molecule has 124 valence electrons. The van der Waals surface area contributed by atoms with Gasteiger partial charge in [0.05, 0.1) is 0 Å². The van der Waals surface area contributed by atoms with Crippen LogP contribution in [0.25, 0.3) is 0 Å². The molecule has 1 aromatic heterocycles. The number of anilines is 2. The van der Waals surface area contributed by atoms with Crippen molar-refractivity contribution in [3.63, 3.8) is 0 Å². The van der Waals surface area contributed by atoms with Gasteiger partial charge in [0.1, 0.15) is 18.0 Å². The molecular weight excluding hydrogens is 298 g/mol. The molecule has 2 aromatic rings. The monoisotopic (exact) mass is 321 g/mol. The Labute approximate surface area is 142 Å². The van der Waals surface area contributed by atoms with E-state index in [0.717, 1.165) is 50.8 Å². The van der Waals surface area contributed by atoms with Gasteiger partial charge in [0, 0.05) is 43.8 Å². The summed E-state index contributed by atoms with van der Waals surface area (Å²) in [7, 11) is 0. The molecule has 0 bridgehead atoms. The Kier molecular flexibility index (Phi) is 3.23. The lowest BCUT2D eigenvalue weighted by molar-refractivity contribution is 0.148. The molecule has 0 atom stereocenters. The summed E-state index contributed by atoms with van der Waals surface area (Å²) >= 11 is 0. The zero-order valence-corrected chi connectivity index (χ0v) is 13.9. The van der Waals surface area contributed by atoms with Gasteiger partial charge < -0.3 is 10.2 Å². The Balaban J connectivity index is 1.36. The summed E-state index contributed by atoms with van der Waals surface area (Å²) < 4.78 is 0. The number of rotatable bonds is 3. The maximum Gasteiger partial charge on any atom is 0.137 e. The number of piperazine rings is 1. The predicted molar refractivity (Wildman–Crippen MR) is 95.3 cm³/mol. The molecule has 24 heavy (non-hydrogen) atoms. The smallest absolute Gasteiger partial charge is 0.137 e. The van der Waals surface area contributed by atoms with Crippen LogP contribution in [0.1, 0.15) is 24.0 Å². The Morgan fingerprint density at radius 2 is 1.96 bits per heavy atom. The summed E-state index contributed by atoms with van der Waals surface area (Å²) in [6.45, 7) is 5.32. The molecule has 1 spiro atoms. The van der Waals surface area contributed by atoms with Gasteiger partial charge in [-0.2, -0.15) is 0 Å². The van der Waals surface area contributed by atoms with Crippen LogP contribution in [0.4, 0.5) is 11.6 Å². The molecule has 0 radical (unpaired) electrons. The fourth-order valence-electron chi connectivity index (χ4n) is 4.23. The third kappa shape index (κ3) is 2.35. The van der Waals surface area contributed by atoms with Crippen LogP contribution in [-0.4, -0.2) is 46.6 Å². The minimum atomic E-state index is 0.359. The van der Waals surface area contributed by atoms with Gasteiger partial charge in [0.15, 0.2) is 0 Å². The second-order valence-electron chi connectivity index (χ2n) is 7.25. The first kappa shape index (κ1) is 14.2. The van der Waals surface area contributed by atoms with Crippen molar-refractivity contribution in [2.24, 2.45) is 0 Å². The third-order valence-electron chi connectivity index (χ3n) is 5.73. The highest BCUT2D eigenvalue weighted by Gasteiger charge is 2.51. The van der Waals surface area contributed by atoms with E-state index in [0.29, 0.717) is 5.54 Å². The van der Waals surface area contributed by atoms with Crippen LogP contribution in [0, 0.1) is 0 Å². The van der Waals surface area contributed by atoms with Crippen LogP contribution in [-0.2, 0) is 13.0 Å². The molecule has 0 unspecified atom stereocenters. The molecule has 2 fully saturated rings. The van der Waals surface area contributed by atoms with Crippen LogP contribution in [0.5, 0.6) is 0 Å². The van der Waals surface area contributed by atoms with Crippen molar-refractivity contribution >= 4 is 11.6 Å². The first-order valence-electron chi connectivity index (χ1n) is 8.96. The van der Waals surface area contributed by atoms with E-state index in [1.54, 1.807) is 6.33 Å². The lowest BCUT2D eigenvalue weighted by atomic mass is 10.1. The van der Waals surface area contributed by atoms with Gasteiger partial charge >= 0.3 is 0 Å². The maximum atomic E-state index is 4.63. The van der Waals surface area contributed by atoms with Crippen LogP contribution in [0.15, 0.2) is 36.7 Å². The summed E-state index contributed by atoms with van der Waals surface area (Å²) in [6, 6.07) is 10.9. The van der Waals surface area contributed by atoms with Gasteiger partial charge in [-0.05, 0) is 24.8 Å².